The lowest BCUT2D eigenvalue weighted by Gasteiger charge is -2.12. The number of rotatable bonds is 5. The standard InChI is InChI=1S/C19H18O2/c1-2-3-14-17(15-10-6-4-7-11-15)18(19(20)21)16-12-8-5-9-13-16/h2-13H,14H2,1H3,(H,20,21)/b3-2+,18-17+. The third-order valence-electron chi connectivity index (χ3n) is 3.26. The van der Waals surface area contributed by atoms with E-state index in [1.807, 2.05) is 79.7 Å². The molecule has 0 aromatic heterocycles. The molecule has 2 rings (SSSR count). The summed E-state index contributed by atoms with van der Waals surface area (Å²) in [6.45, 7) is 1.94. The maximum Gasteiger partial charge on any atom is 0.336 e. The SMILES string of the molecule is C/C=C/C/C(=C(\C(=O)O)c1ccccc1)c1ccccc1. The Labute approximate surface area is 125 Å². The predicted molar refractivity (Wildman–Crippen MR) is 86.8 cm³/mol. The summed E-state index contributed by atoms with van der Waals surface area (Å²) in [5, 5.41) is 9.68. The number of aliphatic carboxylic acids is 1. The van der Waals surface area contributed by atoms with E-state index in [2.05, 4.69) is 0 Å². The van der Waals surface area contributed by atoms with Gasteiger partial charge in [0, 0.05) is 0 Å². The molecule has 0 aliphatic rings. The number of carbonyl (C=O) groups is 1. The van der Waals surface area contributed by atoms with Gasteiger partial charge in [-0.15, -0.1) is 0 Å². The van der Waals surface area contributed by atoms with Crippen LogP contribution in [0.5, 0.6) is 0 Å². The van der Waals surface area contributed by atoms with Gasteiger partial charge in [-0.1, -0.05) is 72.8 Å². The van der Waals surface area contributed by atoms with Gasteiger partial charge in [0.25, 0.3) is 0 Å². The molecule has 0 aliphatic heterocycles. The first kappa shape index (κ1) is 14.8. The molecule has 0 radical (unpaired) electrons. The molecule has 1 N–H and O–H groups in total. The van der Waals surface area contributed by atoms with E-state index in [1.54, 1.807) is 0 Å². The van der Waals surface area contributed by atoms with Crippen LogP contribution in [-0.4, -0.2) is 11.1 Å². The Hall–Kier alpha value is -2.61. The van der Waals surface area contributed by atoms with E-state index in [9.17, 15) is 9.90 Å². The Balaban J connectivity index is 2.65. The van der Waals surface area contributed by atoms with Crippen LogP contribution in [0.2, 0.25) is 0 Å². The van der Waals surface area contributed by atoms with Gasteiger partial charge in [0.1, 0.15) is 0 Å². The minimum absolute atomic E-state index is 0.361. The van der Waals surface area contributed by atoms with Gasteiger partial charge >= 0.3 is 5.97 Å². The van der Waals surface area contributed by atoms with Crippen molar-refractivity contribution >= 4 is 17.1 Å². The van der Waals surface area contributed by atoms with Crippen molar-refractivity contribution in [3.8, 4) is 0 Å². The molecule has 0 saturated carbocycles. The molecule has 2 aromatic rings. The zero-order valence-electron chi connectivity index (χ0n) is 12.0. The lowest BCUT2D eigenvalue weighted by molar-refractivity contribution is -0.130. The average Bonchev–Trinajstić information content (AvgIpc) is 2.52. The molecule has 0 saturated heterocycles. The maximum atomic E-state index is 11.8. The molecule has 2 heteroatoms. The Kier molecular flexibility index (Phi) is 5.10. The Morgan fingerprint density at radius 3 is 1.95 bits per heavy atom. The van der Waals surface area contributed by atoms with Crippen LogP contribution >= 0.6 is 0 Å². The summed E-state index contributed by atoms with van der Waals surface area (Å²) < 4.78 is 0. The molecule has 2 nitrogen and oxygen atoms in total. The second kappa shape index (κ2) is 7.25. The van der Waals surface area contributed by atoms with Crippen molar-refractivity contribution in [1.82, 2.24) is 0 Å². The first-order chi connectivity index (χ1) is 10.2. The number of allylic oxidation sites excluding steroid dienone is 3. The van der Waals surface area contributed by atoms with E-state index >= 15 is 0 Å². The maximum absolute atomic E-state index is 11.8. The number of hydrogen-bond acceptors (Lipinski definition) is 1. The third-order valence-corrected chi connectivity index (χ3v) is 3.26. The lowest BCUT2D eigenvalue weighted by Crippen LogP contribution is -2.03. The normalized spacial score (nSPS) is 12.2. The number of benzene rings is 2. The number of carboxylic acid groups (broad SMARTS) is 1. The minimum Gasteiger partial charge on any atom is -0.478 e. The highest BCUT2D eigenvalue weighted by Crippen LogP contribution is 2.29. The van der Waals surface area contributed by atoms with Gasteiger partial charge < -0.3 is 5.11 Å². The average molecular weight is 278 g/mol. The van der Waals surface area contributed by atoms with Crippen molar-refractivity contribution in [3.05, 3.63) is 83.9 Å². The van der Waals surface area contributed by atoms with E-state index in [-0.39, 0.29) is 0 Å². The van der Waals surface area contributed by atoms with E-state index in [0.29, 0.717) is 12.0 Å². The second-order valence-electron chi connectivity index (χ2n) is 4.66. The molecule has 106 valence electrons. The molecular weight excluding hydrogens is 260 g/mol. The van der Waals surface area contributed by atoms with Gasteiger partial charge in [-0.05, 0) is 30.0 Å². The summed E-state index contributed by atoms with van der Waals surface area (Å²) in [5.74, 6) is -0.899. The monoisotopic (exact) mass is 278 g/mol. The van der Waals surface area contributed by atoms with Crippen molar-refractivity contribution in [3.63, 3.8) is 0 Å². The molecule has 0 aliphatic carbocycles. The predicted octanol–water partition coefficient (Wildman–Crippen LogP) is 4.65. The summed E-state index contributed by atoms with van der Waals surface area (Å²) in [5.41, 5.74) is 2.86. The van der Waals surface area contributed by atoms with Gasteiger partial charge in [0.05, 0.1) is 5.57 Å². The largest absolute Gasteiger partial charge is 0.478 e. The summed E-state index contributed by atoms with van der Waals surface area (Å²) >= 11 is 0. The minimum atomic E-state index is -0.899. The van der Waals surface area contributed by atoms with Crippen LogP contribution in [0.25, 0.3) is 11.1 Å². The highest BCUT2D eigenvalue weighted by Gasteiger charge is 2.17. The summed E-state index contributed by atoms with van der Waals surface area (Å²) in [6.07, 6.45) is 4.51. The van der Waals surface area contributed by atoms with E-state index in [0.717, 1.165) is 16.7 Å². The third kappa shape index (κ3) is 3.69. The highest BCUT2D eigenvalue weighted by molar-refractivity contribution is 6.23. The topological polar surface area (TPSA) is 37.3 Å². The van der Waals surface area contributed by atoms with Gasteiger partial charge in [-0.2, -0.15) is 0 Å². The van der Waals surface area contributed by atoms with Crippen LogP contribution in [0, 0.1) is 0 Å². The molecule has 0 amide bonds. The molecule has 0 atom stereocenters. The van der Waals surface area contributed by atoms with Crippen LogP contribution < -0.4 is 0 Å². The molecule has 0 heterocycles. The molecule has 0 bridgehead atoms. The van der Waals surface area contributed by atoms with Crippen LogP contribution in [0.15, 0.2) is 72.8 Å². The fourth-order valence-corrected chi connectivity index (χ4v) is 2.27. The van der Waals surface area contributed by atoms with Gasteiger partial charge in [-0.3, -0.25) is 0 Å². The summed E-state index contributed by atoms with van der Waals surface area (Å²) in [7, 11) is 0. The van der Waals surface area contributed by atoms with Crippen LogP contribution in [0.3, 0.4) is 0 Å². The molecule has 21 heavy (non-hydrogen) atoms. The number of carboxylic acids is 1. The molecule has 0 unspecified atom stereocenters. The fourth-order valence-electron chi connectivity index (χ4n) is 2.27. The van der Waals surface area contributed by atoms with E-state index in [4.69, 9.17) is 0 Å². The summed E-state index contributed by atoms with van der Waals surface area (Å²) in [6, 6.07) is 19.0. The smallest absolute Gasteiger partial charge is 0.336 e. The Bertz CT molecular complexity index is 652. The Morgan fingerprint density at radius 2 is 1.48 bits per heavy atom. The second-order valence-corrected chi connectivity index (χ2v) is 4.66. The molecule has 2 aromatic carbocycles. The molecule has 0 spiro atoms. The van der Waals surface area contributed by atoms with Crippen LogP contribution in [0.4, 0.5) is 0 Å². The zero-order valence-corrected chi connectivity index (χ0v) is 12.0. The van der Waals surface area contributed by atoms with E-state index < -0.39 is 5.97 Å². The highest BCUT2D eigenvalue weighted by atomic mass is 16.4. The first-order valence-corrected chi connectivity index (χ1v) is 6.92. The zero-order chi connectivity index (χ0) is 15.1. The van der Waals surface area contributed by atoms with Crippen molar-refractivity contribution < 1.29 is 9.90 Å². The fraction of sp³-hybridized carbons (Fsp3) is 0.105. The summed E-state index contributed by atoms with van der Waals surface area (Å²) in [4.78, 5) is 11.8. The van der Waals surface area contributed by atoms with Gasteiger partial charge in [0.2, 0.25) is 0 Å². The van der Waals surface area contributed by atoms with Crippen LogP contribution in [-0.2, 0) is 4.79 Å². The van der Waals surface area contributed by atoms with E-state index in [1.165, 1.54) is 0 Å². The van der Waals surface area contributed by atoms with Gasteiger partial charge in [0.15, 0.2) is 0 Å². The van der Waals surface area contributed by atoms with Crippen molar-refractivity contribution in [1.29, 1.82) is 0 Å². The first-order valence-electron chi connectivity index (χ1n) is 6.92. The van der Waals surface area contributed by atoms with Crippen LogP contribution in [0.1, 0.15) is 24.5 Å². The number of hydrogen-bond donors (Lipinski definition) is 1. The quantitative estimate of drug-likeness (QED) is 0.491. The van der Waals surface area contributed by atoms with Crippen molar-refractivity contribution in [2.45, 2.75) is 13.3 Å². The van der Waals surface area contributed by atoms with Gasteiger partial charge in [-0.25, -0.2) is 4.79 Å². The molecule has 0 fully saturated rings. The lowest BCUT2D eigenvalue weighted by atomic mass is 9.92. The van der Waals surface area contributed by atoms with Crippen molar-refractivity contribution in [2.24, 2.45) is 0 Å². The van der Waals surface area contributed by atoms with Crippen molar-refractivity contribution in [2.75, 3.05) is 0 Å². The Morgan fingerprint density at radius 1 is 0.952 bits per heavy atom. The molecular formula is C19H18O2.